The molecule has 4 N–H and O–H groups in total. The SMILES string of the molecule is CC[C@@H](O)[C@@](C)(O)[C@@H]1OC(=O)[C@H](C)[C@@H](O[C@H]2CC(C)(OC)[C@@H](O)C(C)O2)[C@H](C)[C@H](O)[C@@]2(C)CC(C)C(O2)[C@@H]1C. The van der Waals surface area contributed by atoms with Crippen molar-refractivity contribution in [2.24, 2.45) is 23.7 Å². The Labute approximate surface area is 233 Å². The van der Waals surface area contributed by atoms with Gasteiger partial charge in [-0.3, -0.25) is 4.79 Å². The highest BCUT2D eigenvalue weighted by Crippen LogP contribution is 2.46. The van der Waals surface area contributed by atoms with Gasteiger partial charge in [-0.1, -0.05) is 27.7 Å². The Hall–Kier alpha value is -0.850. The molecule has 0 spiro atoms. The maximum absolute atomic E-state index is 13.7. The Morgan fingerprint density at radius 3 is 2.26 bits per heavy atom. The fourth-order valence-corrected chi connectivity index (χ4v) is 7.15. The summed E-state index contributed by atoms with van der Waals surface area (Å²) in [4.78, 5) is 13.7. The number of hydrogen-bond donors (Lipinski definition) is 4. The van der Waals surface area contributed by atoms with E-state index in [-0.39, 0.29) is 18.8 Å². The molecule has 3 rings (SSSR count). The van der Waals surface area contributed by atoms with E-state index in [0.717, 1.165) is 0 Å². The Kier molecular flexibility index (Phi) is 9.88. The Balaban J connectivity index is 2.02. The van der Waals surface area contributed by atoms with E-state index in [2.05, 4.69) is 0 Å². The van der Waals surface area contributed by atoms with Crippen molar-refractivity contribution in [2.75, 3.05) is 7.11 Å². The summed E-state index contributed by atoms with van der Waals surface area (Å²) in [5, 5.41) is 44.5. The first kappa shape index (κ1) is 32.7. The van der Waals surface area contributed by atoms with E-state index in [4.69, 9.17) is 23.7 Å². The second-order valence-electron chi connectivity index (χ2n) is 13.1. The van der Waals surface area contributed by atoms with Crippen molar-refractivity contribution in [3.8, 4) is 0 Å². The smallest absolute Gasteiger partial charge is 0.311 e. The topological polar surface area (TPSA) is 144 Å². The summed E-state index contributed by atoms with van der Waals surface area (Å²) in [5.74, 6) is -2.54. The summed E-state index contributed by atoms with van der Waals surface area (Å²) in [6.07, 6.45) is -5.73. The molecule has 228 valence electrons. The second-order valence-corrected chi connectivity index (χ2v) is 13.1. The molecule has 15 atom stereocenters. The van der Waals surface area contributed by atoms with Gasteiger partial charge in [0.1, 0.15) is 17.8 Å². The van der Waals surface area contributed by atoms with E-state index in [0.29, 0.717) is 6.42 Å². The first-order chi connectivity index (χ1) is 17.9. The van der Waals surface area contributed by atoms with Gasteiger partial charge in [0.2, 0.25) is 0 Å². The summed E-state index contributed by atoms with van der Waals surface area (Å²) in [5.41, 5.74) is -3.61. The largest absolute Gasteiger partial charge is 0.459 e. The average Bonchev–Trinajstić information content (AvgIpc) is 3.20. The number of methoxy groups -OCH3 is 1. The van der Waals surface area contributed by atoms with Gasteiger partial charge in [0.25, 0.3) is 0 Å². The lowest BCUT2D eigenvalue weighted by atomic mass is 9.76. The van der Waals surface area contributed by atoms with Crippen LogP contribution in [0.2, 0.25) is 0 Å². The number of fused-ring (bicyclic) bond motifs is 2. The zero-order chi connectivity index (χ0) is 29.7. The average molecular weight is 561 g/mol. The molecule has 0 radical (unpaired) electrons. The molecule has 0 saturated carbocycles. The number of cyclic esters (lactones) is 1. The van der Waals surface area contributed by atoms with Crippen molar-refractivity contribution in [2.45, 2.75) is 147 Å². The van der Waals surface area contributed by atoms with E-state index in [9.17, 15) is 25.2 Å². The van der Waals surface area contributed by atoms with Gasteiger partial charge in [0.05, 0.1) is 47.6 Å². The Morgan fingerprint density at radius 2 is 1.69 bits per heavy atom. The number of carbonyl (C=O) groups is 1. The van der Waals surface area contributed by atoms with E-state index in [1.807, 2.05) is 27.7 Å². The van der Waals surface area contributed by atoms with Crippen LogP contribution in [0.1, 0.15) is 81.6 Å². The number of esters is 1. The number of ether oxygens (including phenoxy) is 5. The van der Waals surface area contributed by atoms with Gasteiger partial charge in [-0.25, -0.2) is 0 Å². The van der Waals surface area contributed by atoms with Crippen LogP contribution >= 0.6 is 0 Å². The molecule has 3 aliphatic rings. The van der Waals surface area contributed by atoms with Gasteiger partial charge < -0.3 is 44.1 Å². The molecule has 0 aromatic rings. The molecule has 3 aliphatic heterocycles. The van der Waals surface area contributed by atoms with Gasteiger partial charge in [-0.05, 0) is 53.4 Å². The minimum atomic E-state index is -1.74. The van der Waals surface area contributed by atoms with Crippen molar-refractivity contribution in [3.63, 3.8) is 0 Å². The van der Waals surface area contributed by atoms with E-state index in [1.54, 1.807) is 27.7 Å². The van der Waals surface area contributed by atoms with Crippen molar-refractivity contribution < 1.29 is 48.9 Å². The van der Waals surface area contributed by atoms with Crippen LogP contribution in [-0.2, 0) is 28.5 Å². The molecular weight excluding hydrogens is 508 g/mol. The Bertz CT molecular complexity index is 852. The summed E-state index contributed by atoms with van der Waals surface area (Å²) in [6, 6.07) is 0. The highest BCUT2D eigenvalue weighted by molar-refractivity contribution is 5.73. The summed E-state index contributed by atoms with van der Waals surface area (Å²) < 4.78 is 30.6. The van der Waals surface area contributed by atoms with E-state index in [1.165, 1.54) is 14.0 Å². The molecule has 0 amide bonds. The molecule has 3 heterocycles. The second kappa shape index (κ2) is 11.8. The molecule has 10 heteroatoms. The number of aliphatic hydroxyl groups is 4. The monoisotopic (exact) mass is 560 g/mol. The normalized spacial score (nSPS) is 50.0. The van der Waals surface area contributed by atoms with Crippen LogP contribution in [0.25, 0.3) is 0 Å². The van der Waals surface area contributed by atoms with Gasteiger partial charge in [0, 0.05) is 25.4 Å². The zero-order valence-corrected chi connectivity index (χ0v) is 25.3. The summed E-state index contributed by atoms with van der Waals surface area (Å²) in [7, 11) is 1.52. The minimum Gasteiger partial charge on any atom is -0.459 e. The van der Waals surface area contributed by atoms with Crippen molar-refractivity contribution >= 4 is 5.97 Å². The van der Waals surface area contributed by atoms with Gasteiger partial charge in [0.15, 0.2) is 6.29 Å². The highest BCUT2D eigenvalue weighted by atomic mass is 16.7. The van der Waals surface area contributed by atoms with Crippen LogP contribution < -0.4 is 0 Å². The highest BCUT2D eigenvalue weighted by Gasteiger charge is 2.57. The van der Waals surface area contributed by atoms with Crippen LogP contribution in [0.3, 0.4) is 0 Å². The predicted octanol–water partition coefficient (Wildman–Crippen LogP) is 2.17. The van der Waals surface area contributed by atoms with Crippen molar-refractivity contribution in [1.82, 2.24) is 0 Å². The van der Waals surface area contributed by atoms with Crippen molar-refractivity contribution in [3.05, 3.63) is 0 Å². The summed E-state index contributed by atoms with van der Waals surface area (Å²) in [6.45, 7) is 16.0. The standard InChI is InChI=1S/C29H52O10/c1-11-19(30)29(9,34)25-16(4)21-14(2)12-28(8,39-21)23(31)15(3)22(17(5)26(33)38-25)37-20-13-27(7,35-10)24(32)18(6)36-20/h14-25,30-32,34H,11-13H2,1-10H3/t14?,15-,16-,17+,18?,19+,20-,21?,22-,23-,24-,25+,27?,28+,29+/m0/s1. The maximum atomic E-state index is 13.7. The van der Waals surface area contributed by atoms with Gasteiger partial charge >= 0.3 is 5.97 Å². The molecule has 10 nitrogen and oxygen atoms in total. The summed E-state index contributed by atoms with van der Waals surface area (Å²) >= 11 is 0. The van der Waals surface area contributed by atoms with Crippen LogP contribution in [0.4, 0.5) is 0 Å². The number of rotatable bonds is 6. The molecule has 39 heavy (non-hydrogen) atoms. The zero-order valence-electron chi connectivity index (χ0n) is 25.3. The first-order valence-electron chi connectivity index (χ1n) is 14.4. The molecule has 3 fully saturated rings. The first-order valence-corrected chi connectivity index (χ1v) is 14.4. The molecule has 2 bridgehead atoms. The molecule has 0 aliphatic carbocycles. The number of hydrogen-bond acceptors (Lipinski definition) is 10. The number of aliphatic hydroxyl groups excluding tert-OH is 3. The fourth-order valence-electron chi connectivity index (χ4n) is 7.15. The third-order valence-corrected chi connectivity index (χ3v) is 9.86. The van der Waals surface area contributed by atoms with Crippen molar-refractivity contribution in [1.29, 1.82) is 0 Å². The van der Waals surface area contributed by atoms with Crippen LogP contribution in [0.15, 0.2) is 0 Å². The third kappa shape index (κ3) is 6.04. The molecule has 4 unspecified atom stereocenters. The van der Waals surface area contributed by atoms with Gasteiger partial charge in [-0.2, -0.15) is 0 Å². The van der Waals surface area contributed by atoms with Crippen LogP contribution in [0, 0.1) is 23.7 Å². The Morgan fingerprint density at radius 1 is 1.08 bits per heavy atom. The maximum Gasteiger partial charge on any atom is 0.311 e. The molecule has 3 saturated heterocycles. The number of carbonyl (C=O) groups excluding carboxylic acids is 1. The van der Waals surface area contributed by atoms with E-state index >= 15 is 0 Å². The minimum absolute atomic E-state index is 0.00901. The van der Waals surface area contributed by atoms with Gasteiger partial charge in [-0.15, -0.1) is 0 Å². The van der Waals surface area contributed by atoms with Crippen LogP contribution in [0.5, 0.6) is 0 Å². The predicted molar refractivity (Wildman–Crippen MR) is 143 cm³/mol. The lowest BCUT2D eigenvalue weighted by Crippen LogP contribution is -2.58. The van der Waals surface area contributed by atoms with E-state index < -0.39 is 89.5 Å². The molecule has 0 aromatic heterocycles. The molecule has 0 aromatic carbocycles. The third-order valence-electron chi connectivity index (χ3n) is 9.86. The molecular formula is C29H52O10. The van der Waals surface area contributed by atoms with Crippen LogP contribution in [-0.4, -0.2) is 99.3 Å². The lowest BCUT2D eigenvalue weighted by Gasteiger charge is -2.46. The fraction of sp³-hybridized carbons (Fsp3) is 0.966. The lowest BCUT2D eigenvalue weighted by molar-refractivity contribution is -0.299. The quantitative estimate of drug-likeness (QED) is 0.357.